The minimum absolute atomic E-state index is 0.0483. The van der Waals surface area contributed by atoms with Crippen LogP contribution in [0.3, 0.4) is 0 Å². The number of hydrogen-bond donors (Lipinski definition) is 1. The summed E-state index contributed by atoms with van der Waals surface area (Å²) in [6, 6.07) is 10.6. The molecule has 2 aromatic carbocycles. The second-order valence-electron chi connectivity index (χ2n) is 5.55. The van der Waals surface area contributed by atoms with Crippen molar-refractivity contribution in [2.24, 2.45) is 0 Å². The molecule has 0 radical (unpaired) electrons. The Labute approximate surface area is 155 Å². The highest BCUT2D eigenvalue weighted by Crippen LogP contribution is 2.21. The minimum Gasteiger partial charge on any atom is -0.339 e. The lowest BCUT2D eigenvalue weighted by Crippen LogP contribution is -2.26. The average molecular weight is 396 g/mol. The van der Waals surface area contributed by atoms with Crippen LogP contribution in [0.25, 0.3) is 11.4 Å². The van der Waals surface area contributed by atoms with Gasteiger partial charge in [0, 0.05) is 18.0 Å². The molecular weight excluding hydrogens is 381 g/mol. The van der Waals surface area contributed by atoms with Crippen LogP contribution in [0.1, 0.15) is 11.5 Å². The molecule has 0 saturated heterocycles. The van der Waals surface area contributed by atoms with Gasteiger partial charge in [-0.1, -0.05) is 35.0 Å². The van der Waals surface area contributed by atoms with Gasteiger partial charge in [-0.2, -0.15) is 4.98 Å². The van der Waals surface area contributed by atoms with Gasteiger partial charge >= 0.3 is 0 Å². The zero-order valence-electron chi connectivity index (χ0n) is 13.7. The first-order valence-electron chi connectivity index (χ1n) is 7.70. The van der Waals surface area contributed by atoms with Crippen LogP contribution < -0.4 is 4.72 Å². The second-order valence-corrected chi connectivity index (χ2v) is 7.72. The summed E-state index contributed by atoms with van der Waals surface area (Å²) in [6.45, 7) is 1.83. The molecular formula is C17H15ClFN3O3S. The molecule has 0 bridgehead atoms. The van der Waals surface area contributed by atoms with E-state index in [2.05, 4.69) is 14.9 Å². The highest BCUT2D eigenvalue weighted by molar-refractivity contribution is 7.89. The maximum atomic E-state index is 13.7. The predicted octanol–water partition coefficient (Wildman–Crippen LogP) is 3.36. The number of halogens is 2. The fourth-order valence-corrected chi connectivity index (χ4v) is 3.53. The Bertz CT molecular complexity index is 1040. The van der Waals surface area contributed by atoms with Gasteiger partial charge in [0.15, 0.2) is 0 Å². The van der Waals surface area contributed by atoms with Gasteiger partial charge in [0.2, 0.25) is 21.7 Å². The smallest absolute Gasteiger partial charge is 0.240 e. The third-order valence-corrected chi connectivity index (χ3v) is 5.53. The molecule has 3 aromatic rings. The van der Waals surface area contributed by atoms with E-state index in [4.69, 9.17) is 16.1 Å². The first-order valence-corrected chi connectivity index (χ1v) is 9.56. The summed E-state index contributed by atoms with van der Waals surface area (Å²) in [5.74, 6) is -0.143. The molecule has 0 amide bonds. The van der Waals surface area contributed by atoms with E-state index in [-0.39, 0.29) is 35.1 Å². The van der Waals surface area contributed by atoms with Crippen LogP contribution in [-0.4, -0.2) is 25.1 Å². The van der Waals surface area contributed by atoms with Gasteiger partial charge in [-0.05, 0) is 36.8 Å². The van der Waals surface area contributed by atoms with Crippen molar-refractivity contribution in [3.05, 3.63) is 64.8 Å². The van der Waals surface area contributed by atoms with Crippen LogP contribution in [0, 0.1) is 12.7 Å². The molecule has 0 atom stereocenters. The summed E-state index contributed by atoms with van der Waals surface area (Å²) in [5, 5.41) is 4.10. The zero-order valence-corrected chi connectivity index (χ0v) is 15.3. The van der Waals surface area contributed by atoms with E-state index < -0.39 is 15.8 Å². The first-order chi connectivity index (χ1) is 12.4. The van der Waals surface area contributed by atoms with Gasteiger partial charge in [0.25, 0.3) is 0 Å². The minimum atomic E-state index is -3.71. The normalized spacial score (nSPS) is 11.7. The predicted molar refractivity (Wildman–Crippen MR) is 94.8 cm³/mol. The molecule has 0 aliphatic heterocycles. The lowest BCUT2D eigenvalue weighted by atomic mass is 10.2. The van der Waals surface area contributed by atoms with E-state index in [1.54, 1.807) is 25.1 Å². The average Bonchev–Trinajstić information content (AvgIpc) is 3.06. The Hall–Kier alpha value is -2.29. The molecule has 3 rings (SSSR count). The first kappa shape index (κ1) is 18.5. The number of nitrogens with one attached hydrogen (secondary N) is 1. The Morgan fingerprint density at radius 2 is 2.00 bits per heavy atom. The number of rotatable bonds is 6. The standard InChI is InChI=1S/C17H15ClFN3O3S/c1-11-6-7-12(10-14(11)18)26(23,24)20-9-8-16-21-17(22-25-16)13-4-2-3-5-15(13)19/h2-7,10,20H,8-9H2,1H3. The van der Waals surface area contributed by atoms with Gasteiger partial charge in [-0.15, -0.1) is 0 Å². The number of nitrogens with zero attached hydrogens (tertiary/aromatic N) is 2. The maximum Gasteiger partial charge on any atom is 0.240 e. The third kappa shape index (κ3) is 4.09. The van der Waals surface area contributed by atoms with E-state index >= 15 is 0 Å². The van der Waals surface area contributed by atoms with E-state index in [9.17, 15) is 12.8 Å². The lowest BCUT2D eigenvalue weighted by molar-refractivity contribution is 0.378. The Morgan fingerprint density at radius 3 is 2.73 bits per heavy atom. The van der Waals surface area contributed by atoms with Crippen LogP contribution in [0.4, 0.5) is 4.39 Å². The molecule has 6 nitrogen and oxygen atoms in total. The topological polar surface area (TPSA) is 85.1 Å². The van der Waals surface area contributed by atoms with E-state index in [0.717, 1.165) is 5.56 Å². The van der Waals surface area contributed by atoms with Crippen LogP contribution in [0.2, 0.25) is 5.02 Å². The summed E-state index contributed by atoms with van der Waals surface area (Å²) < 4.78 is 45.7. The van der Waals surface area contributed by atoms with Gasteiger partial charge < -0.3 is 4.52 Å². The number of aromatic nitrogens is 2. The summed E-state index contributed by atoms with van der Waals surface area (Å²) in [5.41, 5.74) is 1.01. The van der Waals surface area contributed by atoms with Crippen molar-refractivity contribution in [2.75, 3.05) is 6.54 Å². The molecule has 1 N–H and O–H groups in total. The number of sulfonamides is 1. The van der Waals surface area contributed by atoms with Crippen LogP contribution in [0.15, 0.2) is 51.9 Å². The molecule has 26 heavy (non-hydrogen) atoms. The summed E-state index contributed by atoms with van der Waals surface area (Å²) >= 11 is 5.97. The van der Waals surface area contributed by atoms with Gasteiger partial charge in [-0.3, -0.25) is 0 Å². The van der Waals surface area contributed by atoms with Crippen molar-refractivity contribution >= 4 is 21.6 Å². The lowest BCUT2D eigenvalue weighted by Gasteiger charge is -2.07. The van der Waals surface area contributed by atoms with Crippen LogP contribution >= 0.6 is 11.6 Å². The van der Waals surface area contributed by atoms with E-state index in [1.807, 2.05) is 0 Å². The fraction of sp³-hybridized carbons (Fsp3) is 0.176. The van der Waals surface area contributed by atoms with Crippen molar-refractivity contribution < 1.29 is 17.3 Å². The van der Waals surface area contributed by atoms with Crippen molar-refractivity contribution in [2.45, 2.75) is 18.2 Å². The Balaban J connectivity index is 1.65. The Kier molecular flexibility index (Phi) is 5.36. The molecule has 0 spiro atoms. The summed E-state index contributed by atoms with van der Waals surface area (Å²) in [6.07, 6.45) is 0.167. The molecule has 1 heterocycles. The van der Waals surface area contributed by atoms with Crippen molar-refractivity contribution in [3.8, 4) is 11.4 Å². The van der Waals surface area contributed by atoms with Gasteiger partial charge in [0.05, 0.1) is 10.5 Å². The monoisotopic (exact) mass is 395 g/mol. The Morgan fingerprint density at radius 1 is 1.23 bits per heavy atom. The number of aryl methyl sites for hydroxylation is 1. The largest absolute Gasteiger partial charge is 0.339 e. The molecule has 0 aliphatic rings. The molecule has 1 aromatic heterocycles. The highest BCUT2D eigenvalue weighted by Gasteiger charge is 2.16. The van der Waals surface area contributed by atoms with Crippen LogP contribution in [0.5, 0.6) is 0 Å². The van der Waals surface area contributed by atoms with Gasteiger partial charge in [-0.25, -0.2) is 17.5 Å². The van der Waals surface area contributed by atoms with E-state index in [0.29, 0.717) is 5.02 Å². The zero-order chi connectivity index (χ0) is 18.7. The third-order valence-electron chi connectivity index (χ3n) is 3.67. The number of hydrogen-bond acceptors (Lipinski definition) is 5. The highest BCUT2D eigenvalue weighted by atomic mass is 35.5. The molecule has 0 saturated carbocycles. The number of benzene rings is 2. The summed E-state index contributed by atoms with van der Waals surface area (Å²) in [4.78, 5) is 4.16. The molecule has 9 heteroatoms. The SMILES string of the molecule is Cc1ccc(S(=O)(=O)NCCc2nc(-c3ccccc3F)no2)cc1Cl. The fourth-order valence-electron chi connectivity index (χ4n) is 2.22. The van der Waals surface area contributed by atoms with Crippen molar-refractivity contribution in [1.29, 1.82) is 0 Å². The molecule has 0 unspecified atom stereocenters. The van der Waals surface area contributed by atoms with Crippen LogP contribution in [-0.2, 0) is 16.4 Å². The summed E-state index contributed by atoms with van der Waals surface area (Å²) in [7, 11) is -3.71. The van der Waals surface area contributed by atoms with Crippen molar-refractivity contribution in [1.82, 2.24) is 14.9 Å². The molecule has 136 valence electrons. The quantitative estimate of drug-likeness (QED) is 0.691. The molecule has 0 aliphatic carbocycles. The molecule has 0 fully saturated rings. The second kappa shape index (κ2) is 7.53. The van der Waals surface area contributed by atoms with Gasteiger partial charge in [0.1, 0.15) is 5.82 Å². The maximum absolute atomic E-state index is 13.7. The van der Waals surface area contributed by atoms with Crippen molar-refractivity contribution in [3.63, 3.8) is 0 Å². The van der Waals surface area contributed by atoms with E-state index in [1.165, 1.54) is 24.3 Å².